The Balaban J connectivity index is 2.21. The molecule has 0 aromatic heterocycles. The fourth-order valence-electron chi connectivity index (χ4n) is 2.38. The second-order valence-electron chi connectivity index (χ2n) is 6.51. The molecule has 2 rings (SSSR count). The molecule has 0 bridgehead atoms. The van der Waals surface area contributed by atoms with Crippen molar-refractivity contribution in [3.8, 4) is 11.8 Å². The molecule has 1 aromatic carbocycles. The second-order valence-corrected chi connectivity index (χ2v) is 6.91. The van der Waals surface area contributed by atoms with Crippen molar-refractivity contribution in [1.29, 1.82) is 5.41 Å². The maximum atomic E-state index is 7.60. The summed E-state index contributed by atoms with van der Waals surface area (Å²) in [5.74, 6) is 6.24. The highest BCUT2D eigenvalue weighted by molar-refractivity contribution is 6.32. The molecule has 0 saturated carbocycles. The van der Waals surface area contributed by atoms with Gasteiger partial charge in [-0.15, -0.1) is 0 Å². The third-order valence-corrected chi connectivity index (χ3v) is 4.39. The van der Waals surface area contributed by atoms with E-state index in [0.29, 0.717) is 11.4 Å². The molecule has 0 radical (unpaired) electrons. The molecule has 5 heteroatoms. The molecule has 1 aliphatic heterocycles. The van der Waals surface area contributed by atoms with E-state index in [1.54, 1.807) is 13.2 Å². The predicted octanol–water partition coefficient (Wildman–Crippen LogP) is 4.44. The molecular weight excluding hydrogens is 324 g/mol. The first-order valence-electron chi connectivity index (χ1n) is 8.21. The van der Waals surface area contributed by atoms with Crippen LogP contribution in [-0.4, -0.2) is 31.8 Å². The van der Waals surface area contributed by atoms with E-state index in [4.69, 9.17) is 26.5 Å². The monoisotopic (exact) mass is 348 g/mol. The minimum atomic E-state index is -0.286. The number of ether oxygens (including phenoxy) is 2. The predicted molar refractivity (Wildman–Crippen MR) is 99.1 cm³/mol. The van der Waals surface area contributed by atoms with Crippen LogP contribution < -0.4 is 5.32 Å². The molecule has 1 atom stereocenters. The molecule has 0 amide bonds. The molecule has 4 nitrogen and oxygen atoms in total. The van der Waals surface area contributed by atoms with Crippen molar-refractivity contribution in [1.82, 2.24) is 0 Å². The van der Waals surface area contributed by atoms with Gasteiger partial charge in [0.1, 0.15) is 6.23 Å². The van der Waals surface area contributed by atoms with Gasteiger partial charge in [-0.3, -0.25) is 0 Å². The highest BCUT2D eigenvalue weighted by atomic mass is 35.5. The summed E-state index contributed by atoms with van der Waals surface area (Å²) in [5, 5.41) is 11.5. The van der Waals surface area contributed by atoms with Gasteiger partial charge in [-0.05, 0) is 45.2 Å². The SMILES string of the molecule is COC(C)(C)CC#Cc1cc(NC2CCCCO2)c(C=N)cc1Cl. The Hall–Kier alpha value is -1.54. The van der Waals surface area contributed by atoms with Gasteiger partial charge in [-0.2, -0.15) is 0 Å². The van der Waals surface area contributed by atoms with Crippen LogP contribution in [0.25, 0.3) is 0 Å². The van der Waals surface area contributed by atoms with Crippen molar-refractivity contribution < 1.29 is 9.47 Å². The fraction of sp³-hybridized carbons (Fsp3) is 0.526. The number of anilines is 1. The van der Waals surface area contributed by atoms with E-state index >= 15 is 0 Å². The molecule has 1 fully saturated rings. The molecular formula is C19H25ClN2O2. The minimum absolute atomic E-state index is 0.0214. The van der Waals surface area contributed by atoms with Gasteiger partial charge >= 0.3 is 0 Å². The number of hydrogen-bond donors (Lipinski definition) is 2. The maximum Gasteiger partial charge on any atom is 0.127 e. The molecule has 1 unspecified atom stereocenters. The Bertz CT molecular complexity index is 641. The highest BCUT2D eigenvalue weighted by Gasteiger charge is 2.16. The number of hydrogen-bond acceptors (Lipinski definition) is 4. The lowest BCUT2D eigenvalue weighted by molar-refractivity contribution is 0.0273. The van der Waals surface area contributed by atoms with Gasteiger partial charge in [-0.25, -0.2) is 0 Å². The summed E-state index contributed by atoms with van der Waals surface area (Å²) >= 11 is 6.31. The van der Waals surface area contributed by atoms with E-state index in [1.165, 1.54) is 6.21 Å². The first kappa shape index (κ1) is 18.8. The van der Waals surface area contributed by atoms with Gasteiger partial charge in [0.05, 0.1) is 10.6 Å². The Labute approximate surface area is 149 Å². The Morgan fingerprint density at radius 2 is 2.25 bits per heavy atom. The Morgan fingerprint density at radius 3 is 2.88 bits per heavy atom. The molecule has 24 heavy (non-hydrogen) atoms. The lowest BCUT2D eigenvalue weighted by Gasteiger charge is -2.25. The quantitative estimate of drug-likeness (QED) is 0.610. The molecule has 1 heterocycles. The third kappa shape index (κ3) is 5.24. The number of halogens is 1. The van der Waals surface area contributed by atoms with Crippen LogP contribution in [0.15, 0.2) is 12.1 Å². The first-order valence-corrected chi connectivity index (χ1v) is 8.59. The van der Waals surface area contributed by atoms with Crippen LogP contribution in [0.3, 0.4) is 0 Å². The number of methoxy groups -OCH3 is 1. The van der Waals surface area contributed by atoms with Crippen molar-refractivity contribution in [3.05, 3.63) is 28.3 Å². The summed E-state index contributed by atoms with van der Waals surface area (Å²) in [6.45, 7) is 4.76. The average Bonchev–Trinajstić information content (AvgIpc) is 2.58. The average molecular weight is 349 g/mol. The normalized spacial score (nSPS) is 17.8. The molecule has 1 saturated heterocycles. The van der Waals surface area contributed by atoms with Gasteiger partial charge in [0.2, 0.25) is 0 Å². The zero-order chi connectivity index (χ0) is 17.6. The summed E-state index contributed by atoms with van der Waals surface area (Å²) < 4.78 is 11.1. The number of benzene rings is 1. The van der Waals surface area contributed by atoms with Gasteiger partial charge in [0.15, 0.2) is 0 Å². The smallest absolute Gasteiger partial charge is 0.127 e. The summed E-state index contributed by atoms with van der Waals surface area (Å²) in [6, 6.07) is 3.67. The lowest BCUT2D eigenvalue weighted by Crippen LogP contribution is -2.27. The zero-order valence-corrected chi connectivity index (χ0v) is 15.3. The van der Waals surface area contributed by atoms with Crippen LogP contribution in [0.1, 0.15) is 50.7 Å². The van der Waals surface area contributed by atoms with Crippen molar-refractivity contribution >= 4 is 23.5 Å². The summed E-state index contributed by atoms with van der Waals surface area (Å²) in [5.41, 5.74) is 2.02. The molecule has 0 aliphatic carbocycles. The third-order valence-electron chi connectivity index (χ3n) is 4.08. The summed E-state index contributed by atoms with van der Waals surface area (Å²) in [7, 11) is 1.68. The van der Waals surface area contributed by atoms with Crippen LogP contribution in [0.4, 0.5) is 5.69 Å². The van der Waals surface area contributed by atoms with E-state index in [1.807, 2.05) is 19.9 Å². The van der Waals surface area contributed by atoms with Crippen LogP contribution in [-0.2, 0) is 9.47 Å². The number of nitrogens with one attached hydrogen (secondary N) is 2. The van der Waals surface area contributed by atoms with Crippen LogP contribution in [0.5, 0.6) is 0 Å². The van der Waals surface area contributed by atoms with Crippen molar-refractivity contribution in [2.75, 3.05) is 19.0 Å². The second kappa shape index (κ2) is 8.53. The highest BCUT2D eigenvalue weighted by Crippen LogP contribution is 2.26. The van der Waals surface area contributed by atoms with Crippen LogP contribution in [0.2, 0.25) is 5.02 Å². The van der Waals surface area contributed by atoms with Crippen molar-refractivity contribution in [2.45, 2.75) is 51.4 Å². The van der Waals surface area contributed by atoms with E-state index in [9.17, 15) is 0 Å². The van der Waals surface area contributed by atoms with Crippen molar-refractivity contribution in [3.63, 3.8) is 0 Å². The van der Waals surface area contributed by atoms with Crippen LogP contribution >= 0.6 is 11.6 Å². The van der Waals surface area contributed by atoms with E-state index < -0.39 is 0 Å². The number of rotatable bonds is 5. The van der Waals surface area contributed by atoms with Crippen molar-refractivity contribution in [2.24, 2.45) is 0 Å². The minimum Gasteiger partial charge on any atom is -0.378 e. The Kier molecular flexibility index (Phi) is 6.68. The van der Waals surface area contributed by atoms with Crippen LogP contribution in [0, 0.1) is 17.3 Å². The molecule has 0 spiro atoms. The van der Waals surface area contributed by atoms with Gasteiger partial charge in [-0.1, -0.05) is 23.4 Å². The van der Waals surface area contributed by atoms with Gasteiger partial charge < -0.3 is 20.2 Å². The Morgan fingerprint density at radius 1 is 1.46 bits per heavy atom. The first-order chi connectivity index (χ1) is 11.4. The molecule has 2 N–H and O–H groups in total. The van der Waals surface area contributed by atoms with E-state index in [2.05, 4.69) is 17.2 Å². The molecule has 1 aromatic rings. The summed E-state index contributed by atoms with van der Waals surface area (Å²) in [6.07, 6.45) is 5.09. The molecule has 130 valence electrons. The standard InChI is InChI=1S/C19H25ClN2O2/c1-19(2,23-3)9-6-7-14-12-17(15(13-21)11-16(14)20)22-18-8-4-5-10-24-18/h11-13,18,21-22H,4-5,8-10H2,1-3H3. The van der Waals surface area contributed by atoms with Gasteiger partial charge in [0, 0.05) is 43.2 Å². The zero-order valence-electron chi connectivity index (χ0n) is 14.5. The molecule has 1 aliphatic rings. The summed E-state index contributed by atoms with van der Waals surface area (Å²) in [4.78, 5) is 0. The topological polar surface area (TPSA) is 54.3 Å². The van der Waals surface area contributed by atoms with Gasteiger partial charge in [0.25, 0.3) is 0 Å². The largest absolute Gasteiger partial charge is 0.378 e. The van der Waals surface area contributed by atoms with E-state index in [0.717, 1.165) is 42.7 Å². The fourth-order valence-corrected chi connectivity index (χ4v) is 2.60. The lowest BCUT2D eigenvalue weighted by atomic mass is 10.0. The maximum absolute atomic E-state index is 7.60. The van der Waals surface area contributed by atoms with E-state index in [-0.39, 0.29) is 11.8 Å².